The number of fused-ring (bicyclic) bond motifs is 1. The van der Waals surface area contributed by atoms with Crippen LogP contribution >= 0.6 is 0 Å². The second kappa shape index (κ2) is 10.4. The van der Waals surface area contributed by atoms with Crippen LogP contribution < -0.4 is 5.43 Å². The van der Waals surface area contributed by atoms with Crippen molar-refractivity contribution in [1.29, 1.82) is 0 Å². The molecule has 5 rings (SSSR count). The highest BCUT2D eigenvalue weighted by Crippen LogP contribution is 2.45. The second-order valence-corrected chi connectivity index (χ2v) is 11.2. The van der Waals surface area contributed by atoms with Gasteiger partial charge in [0.1, 0.15) is 23.8 Å². The van der Waals surface area contributed by atoms with E-state index in [1.807, 2.05) is 31.3 Å². The molecule has 3 atom stereocenters. The highest BCUT2D eigenvalue weighted by atomic mass is 19.1. The van der Waals surface area contributed by atoms with Crippen molar-refractivity contribution in [1.82, 2.24) is 4.57 Å². The van der Waals surface area contributed by atoms with E-state index in [1.165, 1.54) is 24.3 Å². The smallest absolute Gasteiger partial charge is 0.188 e. The van der Waals surface area contributed by atoms with Crippen LogP contribution in [0.15, 0.2) is 96.5 Å². The second-order valence-electron chi connectivity index (χ2n) is 11.2. The summed E-state index contributed by atoms with van der Waals surface area (Å²) in [6, 6.07) is 14.5. The van der Waals surface area contributed by atoms with Gasteiger partial charge in [-0.15, -0.1) is 6.58 Å². The van der Waals surface area contributed by atoms with Crippen LogP contribution in [0, 0.1) is 17.0 Å². The Kier molecular flexibility index (Phi) is 7.13. The highest BCUT2D eigenvalue weighted by Gasteiger charge is 2.40. The summed E-state index contributed by atoms with van der Waals surface area (Å²) in [5.74, 6) is -0.694. The first kappa shape index (κ1) is 26.8. The van der Waals surface area contributed by atoms with E-state index in [2.05, 4.69) is 38.0 Å². The Bertz CT molecular complexity index is 1570. The molecule has 0 aliphatic carbocycles. The third-order valence-electron chi connectivity index (χ3n) is 7.52. The molecule has 3 nitrogen and oxygen atoms in total. The van der Waals surface area contributed by atoms with Gasteiger partial charge >= 0.3 is 0 Å². The zero-order valence-electron chi connectivity index (χ0n) is 22.7. The fourth-order valence-electron chi connectivity index (χ4n) is 5.49. The van der Waals surface area contributed by atoms with E-state index >= 15 is 0 Å². The van der Waals surface area contributed by atoms with Crippen LogP contribution in [0.2, 0.25) is 0 Å². The summed E-state index contributed by atoms with van der Waals surface area (Å²) in [5, 5.41) is 0. The summed E-state index contributed by atoms with van der Waals surface area (Å²) in [5.41, 5.74) is 4.96. The molecule has 0 N–H and O–H groups in total. The molecule has 0 radical (unpaired) electrons. The zero-order chi connectivity index (χ0) is 27.9. The normalized spacial score (nSPS) is 22.2. The molecule has 0 bridgehead atoms. The Morgan fingerprint density at radius 1 is 1.05 bits per heavy atom. The summed E-state index contributed by atoms with van der Waals surface area (Å²) in [6.45, 7) is 12.3. The molecular weight excluding hydrogens is 492 g/mol. The highest BCUT2D eigenvalue weighted by molar-refractivity contribution is 6.16. The third-order valence-corrected chi connectivity index (χ3v) is 7.52. The van der Waals surface area contributed by atoms with Gasteiger partial charge in [0.25, 0.3) is 0 Å². The number of halogens is 2. The summed E-state index contributed by atoms with van der Waals surface area (Å²) < 4.78 is 36.4. The maximum atomic E-state index is 14.6. The molecule has 1 fully saturated rings. The molecule has 3 unspecified atom stereocenters. The topological polar surface area (TPSA) is 34.5 Å². The Labute approximate surface area is 228 Å². The Hall–Kier alpha value is -3.83. The predicted molar refractivity (Wildman–Crippen MR) is 154 cm³/mol. The van der Waals surface area contributed by atoms with Crippen LogP contribution in [-0.4, -0.2) is 10.7 Å². The fraction of sp³-hybridized carbons (Fsp3) is 0.265. The van der Waals surface area contributed by atoms with E-state index in [0.717, 1.165) is 34.4 Å². The average Bonchev–Trinajstić information content (AvgIpc) is 3.70. The Balaban J connectivity index is 1.84. The number of ether oxygens (including phenoxy) is 1. The minimum atomic E-state index is -0.362. The van der Waals surface area contributed by atoms with Gasteiger partial charge in [0.05, 0.1) is 5.69 Å². The molecule has 1 saturated heterocycles. The van der Waals surface area contributed by atoms with E-state index in [1.54, 1.807) is 30.3 Å². The maximum absolute atomic E-state index is 14.6. The van der Waals surface area contributed by atoms with Gasteiger partial charge in [-0.2, -0.15) is 0 Å². The summed E-state index contributed by atoms with van der Waals surface area (Å²) >= 11 is 0. The number of pyridine rings is 1. The van der Waals surface area contributed by atoms with Crippen LogP contribution in [0.5, 0.6) is 0 Å². The Morgan fingerprint density at radius 2 is 1.79 bits per heavy atom. The van der Waals surface area contributed by atoms with E-state index < -0.39 is 0 Å². The molecule has 0 spiro atoms. The average molecular weight is 526 g/mol. The van der Waals surface area contributed by atoms with Gasteiger partial charge in [0, 0.05) is 29.4 Å². The van der Waals surface area contributed by atoms with Crippen molar-refractivity contribution in [3.05, 3.63) is 136 Å². The molecular formula is C34H33F2NO2. The lowest BCUT2D eigenvalue weighted by Gasteiger charge is -2.34. The van der Waals surface area contributed by atoms with Crippen molar-refractivity contribution in [3.8, 4) is 0 Å². The van der Waals surface area contributed by atoms with E-state index in [0.29, 0.717) is 11.1 Å². The lowest BCUT2D eigenvalue weighted by Crippen LogP contribution is -2.27. The molecule has 3 aromatic rings. The number of allylic oxidation sites excluding steroid dienone is 6. The molecule has 0 amide bonds. The van der Waals surface area contributed by atoms with Gasteiger partial charge in [-0.3, -0.25) is 4.79 Å². The van der Waals surface area contributed by atoms with Crippen LogP contribution in [0.4, 0.5) is 8.78 Å². The first-order valence-corrected chi connectivity index (χ1v) is 13.3. The van der Waals surface area contributed by atoms with Gasteiger partial charge in [0.15, 0.2) is 5.43 Å². The molecule has 200 valence electrons. The Morgan fingerprint density at radius 3 is 2.41 bits per heavy atom. The minimum Gasteiger partial charge on any atom is -0.360 e. The van der Waals surface area contributed by atoms with Gasteiger partial charge in [0.2, 0.25) is 0 Å². The quantitative estimate of drug-likeness (QED) is 0.248. The van der Waals surface area contributed by atoms with Crippen molar-refractivity contribution in [2.75, 3.05) is 0 Å². The van der Waals surface area contributed by atoms with Crippen LogP contribution in [0.1, 0.15) is 68.6 Å². The van der Waals surface area contributed by atoms with E-state index in [4.69, 9.17) is 4.74 Å². The van der Waals surface area contributed by atoms with Gasteiger partial charge in [-0.05, 0) is 65.3 Å². The first-order chi connectivity index (χ1) is 18.6. The molecule has 3 heterocycles. The van der Waals surface area contributed by atoms with Gasteiger partial charge in [-0.1, -0.05) is 69.3 Å². The number of hydrogen-bond donors (Lipinski definition) is 0. The number of benzene rings is 2. The van der Waals surface area contributed by atoms with Crippen LogP contribution in [-0.2, 0) is 4.74 Å². The van der Waals surface area contributed by atoms with Crippen molar-refractivity contribution in [3.63, 3.8) is 0 Å². The SMILES string of the molecule is C=CC1OC1c1cn2c(cc1=O)/C(=C(/C(=C/C)c1ccc(F)cc1)c1cccc(F)c1)C=CCC2C(C)(C)C. The van der Waals surface area contributed by atoms with E-state index in [9.17, 15) is 13.6 Å². The zero-order valence-corrected chi connectivity index (χ0v) is 22.7. The van der Waals surface area contributed by atoms with Gasteiger partial charge < -0.3 is 9.30 Å². The maximum Gasteiger partial charge on any atom is 0.188 e. The fourth-order valence-corrected chi connectivity index (χ4v) is 5.49. The van der Waals surface area contributed by atoms with Crippen LogP contribution in [0.3, 0.4) is 0 Å². The lowest BCUT2D eigenvalue weighted by atomic mass is 9.84. The minimum absolute atomic E-state index is 0.0511. The molecule has 39 heavy (non-hydrogen) atoms. The van der Waals surface area contributed by atoms with Crippen molar-refractivity contribution < 1.29 is 13.5 Å². The summed E-state index contributed by atoms with van der Waals surface area (Å²) in [7, 11) is 0. The number of aromatic nitrogens is 1. The molecule has 0 saturated carbocycles. The van der Waals surface area contributed by atoms with Crippen LogP contribution in [0.25, 0.3) is 16.7 Å². The predicted octanol–water partition coefficient (Wildman–Crippen LogP) is 8.31. The van der Waals surface area contributed by atoms with E-state index in [-0.39, 0.29) is 40.7 Å². The molecule has 1 aromatic heterocycles. The van der Waals surface area contributed by atoms with Gasteiger partial charge in [-0.25, -0.2) is 8.78 Å². The molecule has 2 aromatic carbocycles. The number of epoxide rings is 1. The number of rotatable bonds is 5. The summed E-state index contributed by atoms with van der Waals surface area (Å²) in [6.07, 6.45) is 10.0. The standard InChI is InChI=1S/C34H33F2NO2/c1-6-25(21-14-16-23(35)17-15-21)32(22-10-8-11-24(36)18-22)26-12-9-13-31(34(3,4)5)37-20-27(29(38)19-28(26)37)33-30(7-2)39-33/h6-12,14-20,30-31,33H,2,13H2,1,3-5H3/b25-6+,32-26+. The monoisotopic (exact) mass is 525 g/mol. The summed E-state index contributed by atoms with van der Waals surface area (Å²) in [4.78, 5) is 13.5. The molecule has 5 heteroatoms. The molecule has 2 aliphatic rings. The third kappa shape index (κ3) is 5.24. The van der Waals surface area contributed by atoms with Crippen molar-refractivity contribution in [2.45, 2.75) is 52.4 Å². The van der Waals surface area contributed by atoms with Crippen molar-refractivity contribution >= 4 is 16.7 Å². The molecule has 2 aliphatic heterocycles. The van der Waals surface area contributed by atoms with Crippen molar-refractivity contribution in [2.24, 2.45) is 5.41 Å². The number of hydrogen-bond acceptors (Lipinski definition) is 2. The largest absolute Gasteiger partial charge is 0.360 e. The number of nitrogens with zero attached hydrogens (tertiary/aromatic N) is 1. The lowest BCUT2D eigenvalue weighted by molar-refractivity contribution is 0.242. The first-order valence-electron chi connectivity index (χ1n) is 13.3.